The Balaban J connectivity index is 2.14. The lowest BCUT2D eigenvalue weighted by Crippen LogP contribution is -2.09. The Labute approximate surface area is 108 Å². The summed E-state index contributed by atoms with van der Waals surface area (Å²) in [5.41, 5.74) is 0. The van der Waals surface area contributed by atoms with Gasteiger partial charge in [0.1, 0.15) is 5.75 Å². The Morgan fingerprint density at radius 1 is 1.11 bits per heavy atom. The summed E-state index contributed by atoms with van der Waals surface area (Å²) in [5.74, 6) is 1.02. The number of esters is 1. The van der Waals surface area contributed by atoms with E-state index in [0.29, 0.717) is 18.1 Å². The van der Waals surface area contributed by atoms with Crippen molar-refractivity contribution in [1.29, 1.82) is 0 Å². The molecule has 2 aromatic carbocycles. The van der Waals surface area contributed by atoms with Gasteiger partial charge in [-0.2, -0.15) is 0 Å². The molecule has 2 nitrogen and oxygen atoms in total. The van der Waals surface area contributed by atoms with Gasteiger partial charge in [0.2, 0.25) is 0 Å². The van der Waals surface area contributed by atoms with Crippen LogP contribution >= 0.6 is 0 Å². The zero-order chi connectivity index (χ0) is 13.0. The van der Waals surface area contributed by atoms with Crippen LogP contribution in [-0.4, -0.2) is 5.97 Å². The molecular weight excluding hydrogens is 224 g/mol. The zero-order valence-corrected chi connectivity index (χ0v) is 10.8. The molecule has 0 unspecified atom stereocenters. The number of fused-ring (bicyclic) bond motifs is 1. The molecule has 2 rings (SSSR count). The van der Waals surface area contributed by atoms with E-state index in [-0.39, 0.29) is 5.97 Å². The topological polar surface area (TPSA) is 26.3 Å². The van der Waals surface area contributed by atoms with Crippen molar-refractivity contribution in [3.8, 4) is 5.75 Å². The molecule has 2 aromatic rings. The van der Waals surface area contributed by atoms with Gasteiger partial charge in [0.15, 0.2) is 0 Å². The second-order valence-electron chi connectivity index (χ2n) is 4.88. The van der Waals surface area contributed by atoms with Crippen LogP contribution in [0.4, 0.5) is 0 Å². The molecule has 0 saturated carbocycles. The minimum absolute atomic E-state index is 0.153. The molecule has 94 valence electrons. The Bertz CT molecular complexity index is 538. The highest BCUT2D eigenvalue weighted by molar-refractivity contribution is 5.90. The van der Waals surface area contributed by atoms with E-state index in [1.165, 1.54) is 0 Å². The summed E-state index contributed by atoms with van der Waals surface area (Å²) >= 11 is 0. The molecule has 18 heavy (non-hydrogen) atoms. The minimum Gasteiger partial charge on any atom is -0.426 e. The van der Waals surface area contributed by atoms with E-state index in [1.807, 2.05) is 42.5 Å². The number of ether oxygens (including phenoxy) is 1. The summed E-state index contributed by atoms with van der Waals surface area (Å²) < 4.78 is 5.44. The first-order valence-electron chi connectivity index (χ1n) is 6.35. The summed E-state index contributed by atoms with van der Waals surface area (Å²) in [5, 5.41) is 2.07. The van der Waals surface area contributed by atoms with Gasteiger partial charge in [-0.1, -0.05) is 50.2 Å². The van der Waals surface area contributed by atoms with Crippen molar-refractivity contribution in [3.05, 3.63) is 42.5 Å². The molecule has 0 spiro atoms. The number of carbonyl (C=O) groups is 1. The van der Waals surface area contributed by atoms with Gasteiger partial charge in [-0.05, 0) is 23.8 Å². The van der Waals surface area contributed by atoms with Crippen LogP contribution in [-0.2, 0) is 4.79 Å². The van der Waals surface area contributed by atoms with Gasteiger partial charge in [0.05, 0.1) is 0 Å². The van der Waals surface area contributed by atoms with E-state index in [9.17, 15) is 4.79 Å². The lowest BCUT2D eigenvalue weighted by Gasteiger charge is -2.08. The van der Waals surface area contributed by atoms with Crippen molar-refractivity contribution in [2.75, 3.05) is 0 Å². The molecule has 0 atom stereocenters. The zero-order valence-electron chi connectivity index (χ0n) is 10.8. The van der Waals surface area contributed by atoms with Crippen LogP contribution in [0.1, 0.15) is 26.7 Å². The SMILES string of the molecule is CC(C)CCC(=O)Oc1cccc2ccccc12. The van der Waals surface area contributed by atoms with Crippen LogP contribution in [0.15, 0.2) is 42.5 Å². The van der Waals surface area contributed by atoms with Gasteiger partial charge < -0.3 is 4.74 Å². The van der Waals surface area contributed by atoms with Crippen LogP contribution < -0.4 is 4.74 Å². The highest BCUT2D eigenvalue weighted by atomic mass is 16.5. The molecule has 0 aliphatic carbocycles. The third kappa shape index (κ3) is 3.10. The maximum absolute atomic E-state index is 11.7. The highest BCUT2D eigenvalue weighted by Crippen LogP contribution is 2.25. The van der Waals surface area contributed by atoms with Crippen molar-refractivity contribution in [3.63, 3.8) is 0 Å². The summed E-state index contributed by atoms with van der Waals surface area (Å²) in [6, 6.07) is 13.7. The molecule has 0 saturated heterocycles. The average Bonchev–Trinajstić information content (AvgIpc) is 2.37. The number of benzene rings is 2. The molecule has 0 bridgehead atoms. The van der Waals surface area contributed by atoms with E-state index in [0.717, 1.165) is 17.2 Å². The molecule has 0 radical (unpaired) electrons. The van der Waals surface area contributed by atoms with Crippen LogP contribution in [0.2, 0.25) is 0 Å². The lowest BCUT2D eigenvalue weighted by atomic mass is 10.1. The fourth-order valence-electron chi connectivity index (χ4n) is 1.86. The lowest BCUT2D eigenvalue weighted by molar-refractivity contribution is -0.134. The molecule has 0 aliphatic heterocycles. The largest absolute Gasteiger partial charge is 0.426 e. The molecule has 0 fully saturated rings. The predicted octanol–water partition coefficient (Wildman–Crippen LogP) is 4.18. The molecule has 0 aliphatic rings. The monoisotopic (exact) mass is 242 g/mol. The summed E-state index contributed by atoms with van der Waals surface area (Å²) in [4.78, 5) is 11.7. The second kappa shape index (κ2) is 5.67. The van der Waals surface area contributed by atoms with Gasteiger partial charge >= 0.3 is 5.97 Å². The maximum atomic E-state index is 11.7. The number of hydrogen-bond donors (Lipinski definition) is 0. The smallest absolute Gasteiger partial charge is 0.311 e. The molecule has 0 N–H and O–H groups in total. The maximum Gasteiger partial charge on any atom is 0.311 e. The average molecular weight is 242 g/mol. The van der Waals surface area contributed by atoms with Crippen molar-refractivity contribution in [2.24, 2.45) is 5.92 Å². The molecule has 0 amide bonds. The van der Waals surface area contributed by atoms with E-state index >= 15 is 0 Å². The Kier molecular flexibility index (Phi) is 3.98. The van der Waals surface area contributed by atoms with Gasteiger partial charge in [-0.3, -0.25) is 4.79 Å². The summed E-state index contributed by atoms with van der Waals surface area (Å²) in [7, 11) is 0. The summed E-state index contributed by atoms with van der Waals surface area (Å²) in [6.45, 7) is 4.20. The fraction of sp³-hybridized carbons (Fsp3) is 0.312. The number of hydrogen-bond acceptors (Lipinski definition) is 2. The Morgan fingerprint density at radius 2 is 1.83 bits per heavy atom. The quantitative estimate of drug-likeness (QED) is 0.594. The molecular formula is C16H18O2. The number of rotatable bonds is 4. The first-order valence-corrected chi connectivity index (χ1v) is 6.35. The summed E-state index contributed by atoms with van der Waals surface area (Å²) in [6.07, 6.45) is 1.34. The van der Waals surface area contributed by atoms with Gasteiger partial charge in [-0.25, -0.2) is 0 Å². The molecule has 0 aromatic heterocycles. The van der Waals surface area contributed by atoms with Crippen LogP contribution in [0, 0.1) is 5.92 Å². The number of carbonyl (C=O) groups excluding carboxylic acids is 1. The first-order chi connectivity index (χ1) is 8.66. The fourth-order valence-corrected chi connectivity index (χ4v) is 1.86. The van der Waals surface area contributed by atoms with Crippen LogP contribution in [0.3, 0.4) is 0 Å². The van der Waals surface area contributed by atoms with Crippen LogP contribution in [0.25, 0.3) is 10.8 Å². The standard InChI is InChI=1S/C16H18O2/c1-12(2)10-11-16(17)18-15-9-5-7-13-6-3-4-8-14(13)15/h3-9,12H,10-11H2,1-2H3. The van der Waals surface area contributed by atoms with Crippen LogP contribution in [0.5, 0.6) is 5.75 Å². The van der Waals surface area contributed by atoms with E-state index < -0.39 is 0 Å². The van der Waals surface area contributed by atoms with Crippen molar-refractivity contribution in [2.45, 2.75) is 26.7 Å². The predicted molar refractivity (Wildman–Crippen MR) is 73.7 cm³/mol. The third-order valence-corrected chi connectivity index (χ3v) is 2.90. The van der Waals surface area contributed by atoms with Gasteiger partial charge in [-0.15, -0.1) is 0 Å². The second-order valence-corrected chi connectivity index (χ2v) is 4.88. The normalized spacial score (nSPS) is 10.8. The van der Waals surface area contributed by atoms with E-state index in [1.54, 1.807) is 0 Å². The first kappa shape index (κ1) is 12.6. The van der Waals surface area contributed by atoms with Crippen molar-refractivity contribution in [1.82, 2.24) is 0 Å². The van der Waals surface area contributed by atoms with Crippen molar-refractivity contribution >= 4 is 16.7 Å². The highest BCUT2D eigenvalue weighted by Gasteiger charge is 2.08. The van der Waals surface area contributed by atoms with E-state index in [2.05, 4.69) is 13.8 Å². The molecule has 2 heteroatoms. The Morgan fingerprint density at radius 3 is 2.61 bits per heavy atom. The van der Waals surface area contributed by atoms with Crippen molar-refractivity contribution < 1.29 is 9.53 Å². The third-order valence-electron chi connectivity index (χ3n) is 2.90. The van der Waals surface area contributed by atoms with E-state index in [4.69, 9.17) is 4.74 Å². The Hall–Kier alpha value is -1.83. The van der Waals surface area contributed by atoms with Gasteiger partial charge in [0.25, 0.3) is 0 Å². The minimum atomic E-state index is -0.153. The molecule has 0 heterocycles. The van der Waals surface area contributed by atoms with Gasteiger partial charge in [0, 0.05) is 11.8 Å².